The molecule has 20 heavy (non-hydrogen) atoms. The molecule has 2 saturated carbocycles. The first-order chi connectivity index (χ1) is 9.43. The van der Waals surface area contributed by atoms with Crippen molar-refractivity contribution in [1.29, 1.82) is 0 Å². The van der Waals surface area contributed by atoms with Gasteiger partial charge in [-0.3, -0.25) is 0 Å². The van der Waals surface area contributed by atoms with Gasteiger partial charge in [-0.05, 0) is 61.0 Å². The molecule has 0 saturated heterocycles. The maximum absolute atomic E-state index is 14.0. The van der Waals surface area contributed by atoms with Crippen LogP contribution in [-0.2, 0) is 0 Å². The number of phenols is 1. The summed E-state index contributed by atoms with van der Waals surface area (Å²) in [7, 11) is 0. The Bertz CT molecular complexity index is 531. The summed E-state index contributed by atoms with van der Waals surface area (Å²) in [6.07, 6.45) is 3.87. The van der Waals surface area contributed by atoms with Gasteiger partial charge in [0.1, 0.15) is 0 Å². The number of aliphatic hydroxyl groups is 1. The summed E-state index contributed by atoms with van der Waals surface area (Å²) in [4.78, 5) is 0. The Labute approximate surface area is 117 Å². The molecular formula is C16H20F2O2. The van der Waals surface area contributed by atoms with Gasteiger partial charge >= 0.3 is 0 Å². The molecule has 0 aliphatic heterocycles. The highest BCUT2D eigenvalue weighted by molar-refractivity contribution is 5.32. The average Bonchev–Trinajstić information content (AvgIpc) is 2.72. The van der Waals surface area contributed by atoms with E-state index < -0.39 is 17.4 Å². The van der Waals surface area contributed by atoms with Crippen molar-refractivity contribution in [3.8, 4) is 5.75 Å². The van der Waals surface area contributed by atoms with Crippen LogP contribution in [0.2, 0.25) is 0 Å². The van der Waals surface area contributed by atoms with Gasteiger partial charge in [0.25, 0.3) is 0 Å². The fourth-order valence-corrected chi connectivity index (χ4v) is 4.15. The van der Waals surface area contributed by atoms with Gasteiger partial charge in [-0.25, -0.2) is 4.39 Å². The number of hydrogen-bond acceptors (Lipinski definition) is 2. The van der Waals surface area contributed by atoms with Crippen LogP contribution < -0.4 is 0 Å². The number of aromatic hydroxyl groups is 1. The molecule has 0 spiro atoms. The van der Waals surface area contributed by atoms with Crippen molar-refractivity contribution < 1.29 is 19.0 Å². The van der Waals surface area contributed by atoms with Crippen LogP contribution in [0.25, 0.3) is 0 Å². The minimum Gasteiger partial charge on any atom is -0.505 e. The van der Waals surface area contributed by atoms with E-state index in [-0.39, 0.29) is 17.4 Å². The number of rotatable bonds is 1. The highest BCUT2D eigenvalue weighted by atomic mass is 19.2. The lowest BCUT2D eigenvalue weighted by atomic mass is 9.64. The quantitative estimate of drug-likeness (QED) is 0.824. The molecule has 4 heteroatoms. The minimum absolute atomic E-state index is 0.0199. The van der Waals surface area contributed by atoms with Crippen LogP contribution in [0.5, 0.6) is 5.75 Å². The largest absolute Gasteiger partial charge is 0.505 e. The molecule has 0 bridgehead atoms. The predicted molar refractivity (Wildman–Crippen MR) is 71.5 cm³/mol. The number of hydrogen-bond donors (Lipinski definition) is 2. The van der Waals surface area contributed by atoms with Crippen LogP contribution in [-0.4, -0.2) is 16.3 Å². The molecule has 2 N–H and O–H groups in total. The van der Waals surface area contributed by atoms with Gasteiger partial charge in [-0.1, -0.05) is 13.0 Å². The van der Waals surface area contributed by atoms with Crippen LogP contribution in [0.3, 0.4) is 0 Å². The van der Waals surface area contributed by atoms with E-state index in [0.29, 0.717) is 11.5 Å². The van der Waals surface area contributed by atoms with Gasteiger partial charge in [0, 0.05) is 0 Å². The maximum Gasteiger partial charge on any atom is 0.200 e. The van der Waals surface area contributed by atoms with E-state index in [1.807, 2.05) is 0 Å². The maximum atomic E-state index is 14.0. The first-order valence-electron chi connectivity index (χ1n) is 7.28. The normalized spacial score (nSPS) is 36.9. The molecule has 1 aromatic carbocycles. The van der Waals surface area contributed by atoms with E-state index in [2.05, 4.69) is 6.92 Å². The first-order valence-corrected chi connectivity index (χ1v) is 7.28. The average molecular weight is 282 g/mol. The van der Waals surface area contributed by atoms with Crippen molar-refractivity contribution in [1.82, 2.24) is 0 Å². The molecule has 4 atom stereocenters. The van der Waals surface area contributed by atoms with E-state index in [4.69, 9.17) is 0 Å². The highest BCUT2D eigenvalue weighted by Crippen LogP contribution is 2.55. The third kappa shape index (κ3) is 1.93. The first kappa shape index (κ1) is 13.8. The number of halogens is 2. The molecule has 1 unspecified atom stereocenters. The Morgan fingerprint density at radius 2 is 1.90 bits per heavy atom. The Morgan fingerprint density at radius 1 is 1.15 bits per heavy atom. The molecular weight excluding hydrogens is 262 g/mol. The standard InChI is InChI=1S/C16H20F2O2/c1-16-7-6-9(8-10(16)2-5-13(16)20)11-3-4-12(19)15(18)14(11)17/h3-4,9-10,13,19-20H,2,5-8H2,1H3/t9?,10-,13+,16+/m1/s1. The zero-order chi connectivity index (χ0) is 14.5. The summed E-state index contributed by atoms with van der Waals surface area (Å²) in [6, 6.07) is 2.72. The molecule has 0 heterocycles. The number of fused-ring (bicyclic) bond motifs is 1. The second-order valence-corrected chi connectivity index (χ2v) is 6.57. The number of phenolic OH excluding ortho intramolecular Hbond substituents is 1. The van der Waals surface area contributed by atoms with Crippen LogP contribution in [0.1, 0.15) is 50.5 Å². The Morgan fingerprint density at radius 3 is 2.65 bits per heavy atom. The second kappa shape index (κ2) is 4.69. The molecule has 110 valence electrons. The smallest absolute Gasteiger partial charge is 0.200 e. The van der Waals surface area contributed by atoms with Crippen LogP contribution in [0, 0.1) is 23.0 Å². The van der Waals surface area contributed by atoms with E-state index in [1.165, 1.54) is 12.1 Å². The van der Waals surface area contributed by atoms with E-state index in [9.17, 15) is 19.0 Å². The Kier molecular flexibility index (Phi) is 3.24. The lowest BCUT2D eigenvalue weighted by Gasteiger charge is -2.42. The van der Waals surface area contributed by atoms with Crippen molar-refractivity contribution in [3.05, 3.63) is 29.3 Å². The summed E-state index contributed by atoms with van der Waals surface area (Å²) in [5.41, 5.74) is 0.298. The Balaban J connectivity index is 1.86. The monoisotopic (exact) mass is 282 g/mol. The third-order valence-electron chi connectivity index (χ3n) is 5.61. The lowest BCUT2D eigenvalue weighted by molar-refractivity contribution is 0.00839. The van der Waals surface area contributed by atoms with Crippen molar-refractivity contribution in [2.45, 2.75) is 51.0 Å². The summed E-state index contributed by atoms with van der Waals surface area (Å²) < 4.78 is 27.5. The molecule has 0 aromatic heterocycles. The lowest BCUT2D eigenvalue weighted by Crippen LogP contribution is -2.37. The molecule has 0 radical (unpaired) electrons. The molecule has 2 nitrogen and oxygen atoms in total. The summed E-state index contributed by atoms with van der Waals surface area (Å²) in [6.45, 7) is 2.11. The summed E-state index contributed by atoms with van der Waals surface area (Å²) in [5.74, 6) is -2.36. The summed E-state index contributed by atoms with van der Waals surface area (Å²) in [5, 5.41) is 19.3. The van der Waals surface area contributed by atoms with E-state index in [0.717, 1.165) is 32.1 Å². The molecule has 2 aliphatic carbocycles. The van der Waals surface area contributed by atoms with Gasteiger partial charge in [-0.15, -0.1) is 0 Å². The third-order valence-corrected chi connectivity index (χ3v) is 5.61. The number of benzene rings is 1. The zero-order valence-electron chi connectivity index (χ0n) is 11.6. The summed E-state index contributed by atoms with van der Waals surface area (Å²) >= 11 is 0. The molecule has 0 amide bonds. The van der Waals surface area contributed by atoms with Gasteiger partial charge in [0.05, 0.1) is 6.10 Å². The Hall–Kier alpha value is -1.16. The van der Waals surface area contributed by atoms with E-state index in [1.54, 1.807) is 0 Å². The molecule has 2 fully saturated rings. The topological polar surface area (TPSA) is 40.5 Å². The fourth-order valence-electron chi connectivity index (χ4n) is 4.15. The van der Waals surface area contributed by atoms with Gasteiger partial charge in [-0.2, -0.15) is 4.39 Å². The zero-order valence-corrected chi connectivity index (χ0v) is 11.6. The van der Waals surface area contributed by atoms with Gasteiger partial charge in [0.15, 0.2) is 11.6 Å². The molecule has 3 rings (SSSR count). The van der Waals surface area contributed by atoms with Crippen molar-refractivity contribution in [2.24, 2.45) is 11.3 Å². The molecule has 2 aliphatic rings. The van der Waals surface area contributed by atoms with Crippen LogP contribution >= 0.6 is 0 Å². The highest BCUT2D eigenvalue weighted by Gasteiger charge is 2.49. The van der Waals surface area contributed by atoms with Gasteiger partial charge in [0.2, 0.25) is 5.82 Å². The number of aliphatic hydroxyl groups excluding tert-OH is 1. The fraction of sp³-hybridized carbons (Fsp3) is 0.625. The SMILES string of the molecule is C[C@]12CCC(c3ccc(O)c(F)c3F)C[C@H]1CC[C@@H]2O. The van der Waals surface area contributed by atoms with Crippen molar-refractivity contribution >= 4 is 0 Å². The second-order valence-electron chi connectivity index (χ2n) is 6.57. The predicted octanol–water partition coefficient (Wildman–Crippen LogP) is 3.72. The van der Waals surface area contributed by atoms with Gasteiger partial charge < -0.3 is 10.2 Å². The van der Waals surface area contributed by atoms with Crippen LogP contribution in [0.4, 0.5) is 8.78 Å². The minimum atomic E-state index is -1.15. The van der Waals surface area contributed by atoms with Crippen LogP contribution in [0.15, 0.2) is 12.1 Å². The van der Waals surface area contributed by atoms with Crippen molar-refractivity contribution in [3.63, 3.8) is 0 Å². The molecule has 1 aromatic rings. The van der Waals surface area contributed by atoms with E-state index >= 15 is 0 Å². The van der Waals surface area contributed by atoms with Crippen molar-refractivity contribution in [2.75, 3.05) is 0 Å².